The van der Waals surface area contributed by atoms with Crippen molar-refractivity contribution < 1.29 is 19.5 Å². The van der Waals surface area contributed by atoms with Crippen molar-refractivity contribution in [1.29, 1.82) is 0 Å². The van der Waals surface area contributed by atoms with Gasteiger partial charge in [0.15, 0.2) is 6.61 Å². The lowest BCUT2D eigenvalue weighted by Gasteiger charge is -2.02. The molecular formula is C13H14ClN3O4. The Balaban J connectivity index is 2.02. The fourth-order valence-corrected chi connectivity index (χ4v) is 1.63. The number of aromatic nitrogens is 3. The molecule has 0 aromatic carbocycles. The van der Waals surface area contributed by atoms with E-state index in [9.17, 15) is 10.0 Å². The minimum absolute atomic E-state index is 0.0951. The smallest absolute Gasteiger partial charge is 0.344 e. The molecule has 2 rings (SSSR count). The van der Waals surface area contributed by atoms with Crippen molar-refractivity contribution in [3.05, 3.63) is 29.4 Å². The average molecular weight is 312 g/mol. The van der Waals surface area contributed by atoms with Crippen LogP contribution in [0, 0.1) is 0 Å². The maximum absolute atomic E-state index is 11.3. The van der Waals surface area contributed by atoms with E-state index in [-0.39, 0.29) is 12.5 Å². The van der Waals surface area contributed by atoms with Crippen LogP contribution >= 0.6 is 11.6 Å². The van der Waals surface area contributed by atoms with Gasteiger partial charge in [0, 0.05) is 12.3 Å². The predicted octanol–water partition coefficient (Wildman–Crippen LogP) is 2.17. The van der Waals surface area contributed by atoms with Gasteiger partial charge >= 0.3 is 5.97 Å². The molecule has 0 spiro atoms. The Bertz CT molecular complexity index is 612. The van der Waals surface area contributed by atoms with Crippen LogP contribution < -0.4 is 4.74 Å². The summed E-state index contributed by atoms with van der Waals surface area (Å²) in [5.74, 6) is -0.395. The lowest BCUT2D eigenvalue weighted by Crippen LogP contribution is -2.15. The number of ether oxygens (including phenoxy) is 2. The van der Waals surface area contributed by atoms with Gasteiger partial charge in [-0.1, -0.05) is 28.5 Å². The highest BCUT2D eigenvalue weighted by Crippen LogP contribution is 2.22. The Hall–Kier alpha value is -2.28. The zero-order valence-electron chi connectivity index (χ0n) is 11.3. The summed E-state index contributed by atoms with van der Waals surface area (Å²) in [7, 11) is 0. The van der Waals surface area contributed by atoms with Crippen LogP contribution in [0.5, 0.6) is 5.88 Å². The van der Waals surface area contributed by atoms with E-state index in [4.69, 9.17) is 21.1 Å². The van der Waals surface area contributed by atoms with Crippen LogP contribution in [-0.4, -0.2) is 39.3 Å². The first-order chi connectivity index (χ1) is 10.1. The molecule has 8 heteroatoms. The van der Waals surface area contributed by atoms with E-state index < -0.39 is 5.97 Å². The Morgan fingerprint density at radius 3 is 2.95 bits per heavy atom. The van der Waals surface area contributed by atoms with Crippen molar-refractivity contribution in [2.75, 3.05) is 13.2 Å². The molecule has 0 aliphatic heterocycles. The van der Waals surface area contributed by atoms with Crippen LogP contribution in [-0.2, 0) is 9.53 Å². The van der Waals surface area contributed by atoms with E-state index in [0.29, 0.717) is 27.9 Å². The lowest BCUT2D eigenvalue weighted by atomic mass is 10.3. The summed E-state index contributed by atoms with van der Waals surface area (Å²) in [6.45, 7) is 1.97. The summed E-state index contributed by atoms with van der Waals surface area (Å²) in [5.41, 5.74) is 0.793. The molecular weight excluding hydrogens is 298 g/mol. The second-order valence-electron chi connectivity index (χ2n) is 4.13. The van der Waals surface area contributed by atoms with Crippen molar-refractivity contribution in [2.45, 2.75) is 13.3 Å². The highest BCUT2D eigenvalue weighted by molar-refractivity contribution is 6.30. The van der Waals surface area contributed by atoms with Gasteiger partial charge in [-0.3, -0.25) is 4.98 Å². The molecule has 1 N–H and O–H groups in total. The van der Waals surface area contributed by atoms with E-state index in [1.807, 2.05) is 6.92 Å². The number of hydrogen-bond acceptors (Lipinski definition) is 6. The SMILES string of the molecule is CCCOC(=O)COc1cc(-c2ccc(Cl)cn2)n(O)n1. The molecule has 2 heterocycles. The molecule has 0 bridgehead atoms. The van der Waals surface area contributed by atoms with Gasteiger partial charge in [-0.15, -0.1) is 0 Å². The van der Waals surface area contributed by atoms with Gasteiger partial charge < -0.3 is 14.7 Å². The number of esters is 1. The fraction of sp³-hybridized carbons (Fsp3) is 0.308. The number of nitrogens with zero attached hydrogens (tertiary/aromatic N) is 3. The summed E-state index contributed by atoms with van der Waals surface area (Å²) in [6, 6.07) is 4.73. The molecule has 0 saturated carbocycles. The number of halogens is 1. The minimum Gasteiger partial charge on any atom is -0.464 e. The Labute approximate surface area is 126 Å². The maximum atomic E-state index is 11.3. The predicted molar refractivity (Wildman–Crippen MR) is 74.4 cm³/mol. The summed E-state index contributed by atoms with van der Waals surface area (Å²) in [4.78, 5) is 16.0. The molecule has 0 fully saturated rings. The monoisotopic (exact) mass is 311 g/mol. The standard InChI is InChI=1S/C13H14ClN3O4/c1-2-5-20-13(18)8-21-12-6-11(17(19)16-12)10-4-3-9(14)7-15-10/h3-4,6-7,19H,2,5,8H2,1H3. The summed E-state index contributed by atoms with van der Waals surface area (Å²) in [6.07, 6.45) is 2.19. The molecule has 112 valence electrons. The van der Waals surface area contributed by atoms with Crippen molar-refractivity contribution in [3.63, 3.8) is 0 Å². The van der Waals surface area contributed by atoms with Gasteiger partial charge in [0.1, 0.15) is 5.69 Å². The van der Waals surface area contributed by atoms with Gasteiger partial charge in [0.05, 0.1) is 17.3 Å². The topological polar surface area (TPSA) is 86.5 Å². The zero-order chi connectivity index (χ0) is 15.2. The minimum atomic E-state index is -0.490. The van der Waals surface area contributed by atoms with Crippen LogP contribution in [0.4, 0.5) is 0 Å². The third-order valence-electron chi connectivity index (χ3n) is 2.46. The molecule has 0 amide bonds. The van der Waals surface area contributed by atoms with Crippen molar-refractivity contribution in [3.8, 4) is 17.3 Å². The number of rotatable bonds is 6. The molecule has 21 heavy (non-hydrogen) atoms. The maximum Gasteiger partial charge on any atom is 0.344 e. The van der Waals surface area contributed by atoms with Gasteiger partial charge in [-0.05, 0) is 18.6 Å². The normalized spacial score (nSPS) is 10.4. The fourth-order valence-electron chi connectivity index (χ4n) is 1.52. The van der Waals surface area contributed by atoms with E-state index in [1.165, 1.54) is 12.3 Å². The molecule has 2 aromatic heterocycles. The van der Waals surface area contributed by atoms with Crippen molar-refractivity contribution in [1.82, 2.24) is 14.9 Å². The van der Waals surface area contributed by atoms with E-state index in [1.54, 1.807) is 12.1 Å². The Morgan fingerprint density at radius 1 is 1.48 bits per heavy atom. The second kappa shape index (κ2) is 6.94. The molecule has 2 aromatic rings. The van der Waals surface area contributed by atoms with Gasteiger partial charge in [-0.25, -0.2) is 4.79 Å². The van der Waals surface area contributed by atoms with E-state index in [0.717, 1.165) is 6.42 Å². The van der Waals surface area contributed by atoms with Crippen LogP contribution in [0.1, 0.15) is 13.3 Å². The highest BCUT2D eigenvalue weighted by atomic mass is 35.5. The first kappa shape index (κ1) is 15.1. The van der Waals surface area contributed by atoms with E-state index >= 15 is 0 Å². The zero-order valence-corrected chi connectivity index (χ0v) is 12.1. The second-order valence-corrected chi connectivity index (χ2v) is 4.56. The van der Waals surface area contributed by atoms with Crippen molar-refractivity contribution in [2.24, 2.45) is 0 Å². The van der Waals surface area contributed by atoms with Crippen LogP contribution in [0.15, 0.2) is 24.4 Å². The Morgan fingerprint density at radius 2 is 2.29 bits per heavy atom. The van der Waals surface area contributed by atoms with Gasteiger partial charge in [0.2, 0.25) is 5.88 Å². The first-order valence-corrected chi connectivity index (χ1v) is 6.67. The van der Waals surface area contributed by atoms with Crippen LogP contribution in [0.25, 0.3) is 11.4 Å². The molecule has 0 aliphatic rings. The lowest BCUT2D eigenvalue weighted by molar-refractivity contribution is -0.146. The Kier molecular flexibility index (Phi) is 4.99. The number of carbonyl (C=O) groups excluding carboxylic acids is 1. The molecule has 0 aliphatic carbocycles. The highest BCUT2D eigenvalue weighted by Gasteiger charge is 2.13. The third-order valence-corrected chi connectivity index (χ3v) is 2.69. The number of hydrogen-bond donors (Lipinski definition) is 1. The molecule has 0 saturated heterocycles. The first-order valence-electron chi connectivity index (χ1n) is 6.30. The van der Waals surface area contributed by atoms with Gasteiger partial charge in [0.25, 0.3) is 0 Å². The van der Waals surface area contributed by atoms with Crippen LogP contribution in [0.2, 0.25) is 5.02 Å². The largest absolute Gasteiger partial charge is 0.464 e. The molecule has 0 atom stereocenters. The molecule has 0 radical (unpaired) electrons. The summed E-state index contributed by atoms with van der Waals surface area (Å²) in [5, 5.41) is 13.9. The van der Waals surface area contributed by atoms with Gasteiger partial charge in [-0.2, -0.15) is 0 Å². The average Bonchev–Trinajstić information content (AvgIpc) is 2.85. The number of carbonyl (C=O) groups is 1. The van der Waals surface area contributed by atoms with Crippen molar-refractivity contribution >= 4 is 17.6 Å². The number of pyridine rings is 1. The third kappa shape index (κ3) is 4.09. The molecule has 7 nitrogen and oxygen atoms in total. The quantitative estimate of drug-likeness (QED) is 0.650. The summed E-state index contributed by atoms with van der Waals surface area (Å²) < 4.78 is 10.0. The summed E-state index contributed by atoms with van der Waals surface area (Å²) >= 11 is 5.75. The van der Waals surface area contributed by atoms with E-state index in [2.05, 4.69) is 10.1 Å². The van der Waals surface area contributed by atoms with Crippen LogP contribution in [0.3, 0.4) is 0 Å². The molecule has 0 unspecified atom stereocenters.